The molecule has 1 aromatic heterocycles. The maximum Gasteiger partial charge on any atom is 0.303 e. The van der Waals surface area contributed by atoms with Gasteiger partial charge in [-0.2, -0.15) is 0 Å². The maximum absolute atomic E-state index is 11.6. The Morgan fingerprint density at radius 1 is 1.53 bits per heavy atom. The molecule has 17 heavy (non-hydrogen) atoms. The third-order valence-corrected chi connectivity index (χ3v) is 2.58. The standard InChI is InChI=1S/C12H17NO4/c1-3-9(5-11(14)15)6-13-12(16)10-4-8(2)17-7-10/h4,7,9H,3,5-6H2,1-2H3,(H,13,16)(H,14,15). The molecule has 1 atom stereocenters. The summed E-state index contributed by atoms with van der Waals surface area (Å²) in [7, 11) is 0. The summed E-state index contributed by atoms with van der Waals surface area (Å²) in [6, 6.07) is 1.65. The molecule has 1 rings (SSSR count). The van der Waals surface area contributed by atoms with Crippen LogP contribution in [0.3, 0.4) is 0 Å². The van der Waals surface area contributed by atoms with Crippen molar-refractivity contribution in [3.05, 3.63) is 23.7 Å². The number of hydrogen-bond acceptors (Lipinski definition) is 3. The summed E-state index contributed by atoms with van der Waals surface area (Å²) in [5, 5.41) is 11.4. The molecule has 0 aliphatic carbocycles. The van der Waals surface area contributed by atoms with E-state index >= 15 is 0 Å². The van der Waals surface area contributed by atoms with Crippen molar-refractivity contribution >= 4 is 11.9 Å². The Labute approximate surface area is 99.8 Å². The van der Waals surface area contributed by atoms with E-state index in [9.17, 15) is 9.59 Å². The first-order valence-electron chi connectivity index (χ1n) is 5.58. The number of amides is 1. The van der Waals surface area contributed by atoms with Crippen molar-refractivity contribution in [2.24, 2.45) is 5.92 Å². The van der Waals surface area contributed by atoms with Crippen molar-refractivity contribution in [2.75, 3.05) is 6.54 Å². The van der Waals surface area contributed by atoms with Crippen LogP contribution in [0.5, 0.6) is 0 Å². The molecule has 1 aromatic rings. The zero-order valence-electron chi connectivity index (χ0n) is 10.0. The van der Waals surface area contributed by atoms with Crippen molar-refractivity contribution in [2.45, 2.75) is 26.7 Å². The predicted molar refractivity (Wildman–Crippen MR) is 61.8 cm³/mol. The summed E-state index contributed by atoms with van der Waals surface area (Å²) in [4.78, 5) is 22.2. The van der Waals surface area contributed by atoms with Crippen LogP contribution >= 0.6 is 0 Å². The maximum atomic E-state index is 11.6. The third kappa shape index (κ3) is 4.30. The number of carboxylic acid groups (broad SMARTS) is 1. The third-order valence-electron chi connectivity index (χ3n) is 2.58. The highest BCUT2D eigenvalue weighted by Gasteiger charge is 2.14. The van der Waals surface area contributed by atoms with Gasteiger partial charge in [-0.1, -0.05) is 13.3 Å². The average molecular weight is 239 g/mol. The van der Waals surface area contributed by atoms with E-state index in [0.717, 1.165) is 6.42 Å². The minimum absolute atomic E-state index is 0.0375. The van der Waals surface area contributed by atoms with E-state index in [2.05, 4.69) is 5.32 Å². The van der Waals surface area contributed by atoms with E-state index < -0.39 is 5.97 Å². The predicted octanol–water partition coefficient (Wildman–Crippen LogP) is 1.82. The molecule has 5 nitrogen and oxygen atoms in total. The van der Waals surface area contributed by atoms with Crippen molar-refractivity contribution in [1.29, 1.82) is 0 Å². The lowest BCUT2D eigenvalue weighted by atomic mass is 10.0. The molecule has 0 aliphatic rings. The summed E-state index contributed by atoms with van der Waals surface area (Å²) < 4.78 is 5.03. The molecule has 94 valence electrons. The largest absolute Gasteiger partial charge is 0.481 e. The molecule has 5 heteroatoms. The zero-order valence-corrected chi connectivity index (χ0v) is 10.0. The van der Waals surface area contributed by atoms with Gasteiger partial charge in [0.15, 0.2) is 0 Å². The van der Waals surface area contributed by atoms with E-state index in [1.807, 2.05) is 6.92 Å². The van der Waals surface area contributed by atoms with Gasteiger partial charge < -0.3 is 14.8 Å². The van der Waals surface area contributed by atoms with Crippen LogP contribution in [-0.2, 0) is 4.79 Å². The highest BCUT2D eigenvalue weighted by molar-refractivity contribution is 5.93. The lowest BCUT2D eigenvalue weighted by Crippen LogP contribution is -2.29. The topological polar surface area (TPSA) is 79.5 Å². The molecule has 0 aliphatic heterocycles. The van der Waals surface area contributed by atoms with E-state index in [1.165, 1.54) is 6.26 Å². The molecule has 1 unspecified atom stereocenters. The molecule has 0 bridgehead atoms. The van der Waals surface area contributed by atoms with Crippen LogP contribution in [0.25, 0.3) is 0 Å². The fraction of sp³-hybridized carbons (Fsp3) is 0.500. The molecule has 0 fully saturated rings. The van der Waals surface area contributed by atoms with Crippen LogP contribution in [0.2, 0.25) is 0 Å². The van der Waals surface area contributed by atoms with Gasteiger partial charge in [-0.15, -0.1) is 0 Å². The Hall–Kier alpha value is -1.78. The smallest absolute Gasteiger partial charge is 0.303 e. The molecule has 0 aromatic carbocycles. The second kappa shape index (κ2) is 6.08. The van der Waals surface area contributed by atoms with Gasteiger partial charge in [0, 0.05) is 13.0 Å². The highest BCUT2D eigenvalue weighted by atomic mass is 16.4. The zero-order chi connectivity index (χ0) is 12.8. The number of carbonyl (C=O) groups is 2. The Balaban J connectivity index is 2.44. The molecule has 1 amide bonds. The van der Waals surface area contributed by atoms with Crippen molar-refractivity contribution in [3.63, 3.8) is 0 Å². The Morgan fingerprint density at radius 3 is 2.71 bits per heavy atom. The van der Waals surface area contributed by atoms with Gasteiger partial charge in [0.05, 0.1) is 5.56 Å². The highest BCUT2D eigenvalue weighted by Crippen LogP contribution is 2.09. The van der Waals surface area contributed by atoms with E-state index in [1.54, 1.807) is 13.0 Å². The second-order valence-electron chi connectivity index (χ2n) is 4.03. The van der Waals surface area contributed by atoms with Gasteiger partial charge in [0.1, 0.15) is 12.0 Å². The minimum atomic E-state index is -0.842. The van der Waals surface area contributed by atoms with Crippen LogP contribution in [0.4, 0.5) is 0 Å². The average Bonchev–Trinajstić information content (AvgIpc) is 2.70. The molecular weight excluding hydrogens is 222 g/mol. The number of carboxylic acids is 1. The molecular formula is C12H17NO4. The van der Waals surface area contributed by atoms with Crippen LogP contribution in [0.15, 0.2) is 16.7 Å². The Morgan fingerprint density at radius 2 is 2.24 bits per heavy atom. The van der Waals surface area contributed by atoms with Gasteiger partial charge in [-0.25, -0.2) is 0 Å². The normalized spacial score (nSPS) is 12.1. The quantitative estimate of drug-likeness (QED) is 0.793. The first kappa shape index (κ1) is 13.3. The molecule has 2 N–H and O–H groups in total. The number of nitrogens with one attached hydrogen (secondary N) is 1. The van der Waals surface area contributed by atoms with E-state index in [4.69, 9.17) is 9.52 Å². The van der Waals surface area contributed by atoms with Gasteiger partial charge in [0.2, 0.25) is 0 Å². The van der Waals surface area contributed by atoms with Gasteiger partial charge in [0.25, 0.3) is 5.91 Å². The fourth-order valence-corrected chi connectivity index (χ4v) is 1.51. The van der Waals surface area contributed by atoms with Crippen LogP contribution in [-0.4, -0.2) is 23.5 Å². The number of furan rings is 1. The molecule has 0 saturated carbocycles. The van der Waals surface area contributed by atoms with Gasteiger partial charge in [-0.05, 0) is 18.9 Å². The second-order valence-corrected chi connectivity index (χ2v) is 4.03. The van der Waals surface area contributed by atoms with Crippen molar-refractivity contribution in [1.82, 2.24) is 5.32 Å². The summed E-state index contributed by atoms with van der Waals surface area (Å²) >= 11 is 0. The van der Waals surface area contributed by atoms with E-state index in [-0.39, 0.29) is 18.2 Å². The summed E-state index contributed by atoms with van der Waals surface area (Å²) in [6.45, 7) is 4.03. The fourth-order valence-electron chi connectivity index (χ4n) is 1.51. The number of rotatable bonds is 6. The lowest BCUT2D eigenvalue weighted by molar-refractivity contribution is -0.138. The Bertz CT molecular complexity index is 397. The number of hydrogen-bond donors (Lipinski definition) is 2. The first-order chi connectivity index (χ1) is 8.02. The van der Waals surface area contributed by atoms with Crippen LogP contribution in [0.1, 0.15) is 35.9 Å². The Kier molecular flexibility index (Phi) is 4.75. The van der Waals surface area contributed by atoms with E-state index in [0.29, 0.717) is 17.9 Å². The number of carbonyl (C=O) groups excluding carboxylic acids is 1. The first-order valence-corrected chi connectivity index (χ1v) is 5.58. The number of aliphatic carboxylic acids is 1. The lowest BCUT2D eigenvalue weighted by Gasteiger charge is -2.12. The minimum Gasteiger partial charge on any atom is -0.481 e. The molecule has 1 heterocycles. The SMILES string of the molecule is CCC(CNC(=O)c1coc(C)c1)CC(=O)O. The monoisotopic (exact) mass is 239 g/mol. The summed E-state index contributed by atoms with van der Waals surface area (Å²) in [6.07, 6.45) is 2.18. The van der Waals surface area contributed by atoms with Gasteiger partial charge in [-0.3, -0.25) is 9.59 Å². The molecule has 0 saturated heterocycles. The summed E-state index contributed by atoms with van der Waals surface area (Å²) in [5.74, 6) is -0.437. The van der Waals surface area contributed by atoms with Gasteiger partial charge >= 0.3 is 5.97 Å². The van der Waals surface area contributed by atoms with Crippen LogP contribution < -0.4 is 5.32 Å². The number of aryl methyl sites for hydroxylation is 1. The van der Waals surface area contributed by atoms with Crippen molar-refractivity contribution < 1.29 is 19.1 Å². The van der Waals surface area contributed by atoms with Crippen LogP contribution in [0, 0.1) is 12.8 Å². The van der Waals surface area contributed by atoms with Crippen molar-refractivity contribution in [3.8, 4) is 0 Å². The molecule has 0 radical (unpaired) electrons. The summed E-state index contributed by atoms with van der Waals surface area (Å²) in [5.41, 5.74) is 0.465. The molecule has 0 spiro atoms.